The summed E-state index contributed by atoms with van der Waals surface area (Å²) in [5.74, 6) is 0.815. The zero-order valence-corrected chi connectivity index (χ0v) is 6.89. The first-order chi connectivity index (χ1) is 4.84. The van der Waals surface area contributed by atoms with E-state index in [0.29, 0.717) is 0 Å². The van der Waals surface area contributed by atoms with E-state index < -0.39 is 0 Å². The third-order valence-corrected chi connectivity index (χ3v) is 2.25. The molecule has 0 aromatic rings. The monoisotopic (exact) mass is 140 g/mol. The van der Waals surface area contributed by atoms with Gasteiger partial charge in [0.2, 0.25) is 0 Å². The predicted octanol–water partition coefficient (Wildman–Crippen LogP) is 2.38. The second-order valence-corrected chi connectivity index (χ2v) is 3.03. The average molecular weight is 140 g/mol. The van der Waals surface area contributed by atoms with Crippen molar-refractivity contribution in [2.45, 2.75) is 26.2 Å². The largest absolute Gasteiger partial charge is 0.381 e. The van der Waals surface area contributed by atoms with Gasteiger partial charge < -0.3 is 4.74 Å². The number of allylic oxidation sites excluding steroid dienone is 1. The van der Waals surface area contributed by atoms with Gasteiger partial charge in [0.15, 0.2) is 0 Å². The molecule has 0 amide bonds. The Kier molecular flexibility index (Phi) is 2.94. The van der Waals surface area contributed by atoms with Gasteiger partial charge in [0, 0.05) is 7.11 Å². The van der Waals surface area contributed by atoms with E-state index in [2.05, 4.69) is 13.0 Å². The molecule has 1 aliphatic rings. The van der Waals surface area contributed by atoms with Gasteiger partial charge in [-0.05, 0) is 25.2 Å². The normalized spacial score (nSPS) is 29.8. The Hall–Kier alpha value is -0.300. The molecule has 0 aromatic carbocycles. The summed E-state index contributed by atoms with van der Waals surface area (Å²) in [5.41, 5.74) is 1.60. The molecule has 1 saturated carbocycles. The van der Waals surface area contributed by atoms with Gasteiger partial charge in [0.1, 0.15) is 0 Å². The Bertz CT molecular complexity index is 127. The van der Waals surface area contributed by atoms with Crippen molar-refractivity contribution in [3.05, 3.63) is 11.6 Å². The fraction of sp³-hybridized carbons (Fsp3) is 0.778. The number of rotatable bonds is 2. The first-order valence-electron chi connectivity index (χ1n) is 4.02. The van der Waals surface area contributed by atoms with Crippen LogP contribution in [0.2, 0.25) is 0 Å². The molecule has 0 unspecified atom stereocenters. The second-order valence-electron chi connectivity index (χ2n) is 3.03. The van der Waals surface area contributed by atoms with Gasteiger partial charge in [0.25, 0.3) is 0 Å². The number of hydrogen-bond donors (Lipinski definition) is 0. The maximum absolute atomic E-state index is 4.98. The molecule has 0 heterocycles. The molecule has 10 heavy (non-hydrogen) atoms. The maximum Gasteiger partial charge on any atom is 0.0646 e. The van der Waals surface area contributed by atoms with E-state index in [9.17, 15) is 0 Å². The van der Waals surface area contributed by atoms with Gasteiger partial charge in [-0.3, -0.25) is 0 Å². The van der Waals surface area contributed by atoms with Crippen LogP contribution in [-0.4, -0.2) is 13.7 Å². The molecule has 0 spiro atoms. The Balaban J connectivity index is 2.38. The van der Waals surface area contributed by atoms with Crippen LogP contribution in [0, 0.1) is 5.92 Å². The maximum atomic E-state index is 4.98. The highest BCUT2D eigenvalue weighted by atomic mass is 16.5. The quantitative estimate of drug-likeness (QED) is 0.535. The summed E-state index contributed by atoms with van der Waals surface area (Å²) in [6, 6.07) is 0. The lowest BCUT2D eigenvalue weighted by Crippen LogP contribution is -1.91. The van der Waals surface area contributed by atoms with Crippen molar-refractivity contribution in [1.82, 2.24) is 0 Å². The predicted molar refractivity (Wildman–Crippen MR) is 43.0 cm³/mol. The van der Waals surface area contributed by atoms with Crippen LogP contribution < -0.4 is 0 Å². The summed E-state index contributed by atoms with van der Waals surface area (Å²) in [6.07, 6.45) is 6.27. The number of hydrogen-bond acceptors (Lipinski definition) is 1. The summed E-state index contributed by atoms with van der Waals surface area (Å²) in [5, 5.41) is 0. The van der Waals surface area contributed by atoms with Crippen LogP contribution in [0.3, 0.4) is 0 Å². The van der Waals surface area contributed by atoms with E-state index in [4.69, 9.17) is 4.74 Å². The van der Waals surface area contributed by atoms with Crippen LogP contribution in [0.5, 0.6) is 0 Å². The van der Waals surface area contributed by atoms with Gasteiger partial charge in [-0.2, -0.15) is 0 Å². The molecule has 1 heteroatoms. The van der Waals surface area contributed by atoms with Gasteiger partial charge in [-0.1, -0.05) is 18.6 Å². The summed E-state index contributed by atoms with van der Waals surface area (Å²) in [4.78, 5) is 0. The first-order valence-corrected chi connectivity index (χ1v) is 4.02. The van der Waals surface area contributed by atoms with Crippen LogP contribution in [0.15, 0.2) is 11.6 Å². The highest BCUT2D eigenvalue weighted by Gasteiger charge is 2.14. The smallest absolute Gasteiger partial charge is 0.0646 e. The molecule has 1 nitrogen and oxygen atoms in total. The SMILES string of the molecule is COC/C=C1\CCC[C@@H]1C. The molecule has 0 radical (unpaired) electrons. The molecule has 1 rings (SSSR count). The molecule has 1 aliphatic carbocycles. The third-order valence-electron chi connectivity index (χ3n) is 2.25. The lowest BCUT2D eigenvalue weighted by molar-refractivity contribution is 0.232. The second kappa shape index (κ2) is 3.77. The summed E-state index contributed by atoms with van der Waals surface area (Å²) in [7, 11) is 1.75. The molecule has 0 N–H and O–H groups in total. The van der Waals surface area contributed by atoms with Crippen molar-refractivity contribution in [1.29, 1.82) is 0 Å². The average Bonchev–Trinajstić information content (AvgIpc) is 2.31. The van der Waals surface area contributed by atoms with Crippen molar-refractivity contribution in [2.75, 3.05) is 13.7 Å². The fourth-order valence-electron chi connectivity index (χ4n) is 1.54. The van der Waals surface area contributed by atoms with Gasteiger partial charge in [0.05, 0.1) is 6.61 Å². The van der Waals surface area contributed by atoms with Crippen molar-refractivity contribution in [2.24, 2.45) is 5.92 Å². The number of ether oxygens (including phenoxy) is 1. The minimum absolute atomic E-state index is 0.791. The van der Waals surface area contributed by atoms with E-state index in [1.807, 2.05) is 0 Å². The molecular formula is C9H16O. The van der Waals surface area contributed by atoms with Gasteiger partial charge >= 0.3 is 0 Å². The Morgan fingerprint density at radius 3 is 3.00 bits per heavy atom. The fourth-order valence-corrected chi connectivity index (χ4v) is 1.54. The van der Waals surface area contributed by atoms with Crippen LogP contribution in [0.25, 0.3) is 0 Å². The molecule has 58 valence electrons. The van der Waals surface area contributed by atoms with Crippen molar-refractivity contribution in [3.8, 4) is 0 Å². The molecule has 0 aliphatic heterocycles. The Labute approximate surface area is 63.1 Å². The van der Waals surface area contributed by atoms with Crippen LogP contribution in [0.1, 0.15) is 26.2 Å². The highest BCUT2D eigenvalue weighted by molar-refractivity contribution is 5.09. The minimum Gasteiger partial charge on any atom is -0.381 e. The van der Waals surface area contributed by atoms with E-state index >= 15 is 0 Å². The Morgan fingerprint density at radius 1 is 1.70 bits per heavy atom. The van der Waals surface area contributed by atoms with Crippen LogP contribution >= 0.6 is 0 Å². The molecular weight excluding hydrogens is 124 g/mol. The van der Waals surface area contributed by atoms with Crippen molar-refractivity contribution in [3.63, 3.8) is 0 Å². The summed E-state index contributed by atoms with van der Waals surface area (Å²) < 4.78 is 4.98. The highest BCUT2D eigenvalue weighted by Crippen LogP contribution is 2.29. The van der Waals surface area contributed by atoms with Crippen LogP contribution in [0.4, 0.5) is 0 Å². The third kappa shape index (κ3) is 1.84. The zero-order chi connectivity index (χ0) is 7.40. The van der Waals surface area contributed by atoms with Crippen LogP contribution in [-0.2, 0) is 4.74 Å². The molecule has 0 saturated heterocycles. The van der Waals surface area contributed by atoms with E-state index in [0.717, 1.165) is 12.5 Å². The first kappa shape index (κ1) is 7.80. The van der Waals surface area contributed by atoms with Crippen molar-refractivity contribution < 1.29 is 4.74 Å². The van der Waals surface area contributed by atoms with Gasteiger partial charge in [-0.15, -0.1) is 0 Å². The van der Waals surface area contributed by atoms with Crippen molar-refractivity contribution >= 4 is 0 Å². The molecule has 0 bridgehead atoms. The molecule has 0 aromatic heterocycles. The number of methoxy groups -OCH3 is 1. The van der Waals surface area contributed by atoms with E-state index in [1.165, 1.54) is 19.3 Å². The minimum atomic E-state index is 0.791. The molecule has 1 fully saturated rings. The lowest BCUT2D eigenvalue weighted by atomic mass is 10.1. The van der Waals surface area contributed by atoms with E-state index in [1.54, 1.807) is 12.7 Å². The lowest BCUT2D eigenvalue weighted by Gasteiger charge is -2.02. The zero-order valence-electron chi connectivity index (χ0n) is 6.89. The standard InChI is InChI=1S/C9H16O/c1-8-4-3-5-9(8)6-7-10-2/h6,8H,3-5,7H2,1-2H3/b9-6+/t8-/m0/s1. The topological polar surface area (TPSA) is 9.23 Å². The summed E-state index contributed by atoms with van der Waals surface area (Å²) in [6.45, 7) is 3.09. The van der Waals surface area contributed by atoms with E-state index in [-0.39, 0.29) is 0 Å². The Morgan fingerprint density at radius 2 is 2.50 bits per heavy atom. The summed E-state index contributed by atoms with van der Waals surface area (Å²) >= 11 is 0. The van der Waals surface area contributed by atoms with Gasteiger partial charge in [-0.25, -0.2) is 0 Å². The molecule has 1 atom stereocenters.